The highest BCUT2D eigenvalue weighted by molar-refractivity contribution is 5.66. The molecule has 2 aromatic carbocycles. The molecular formula is C15H15F3N2. The lowest BCUT2D eigenvalue weighted by atomic mass is 10.0. The molecule has 2 aromatic rings. The van der Waals surface area contributed by atoms with Gasteiger partial charge in [-0.2, -0.15) is 13.2 Å². The number of hydrogen-bond acceptors (Lipinski definition) is 2. The Labute approximate surface area is 115 Å². The molecule has 0 heterocycles. The van der Waals surface area contributed by atoms with Crippen molar-refractivity contribution in [1.82, 2.24) is 0 Å². The van der Waals surface area contributed by atoms with Crippen molar-refractivity contribution in [3.63, 3.8) is 0 Å². The molecular weight excluding hydrogens is 265 g/mol. The Morgan fingerprint density at radius 2 is 1.50 bits per heavy atom. The zero-order valence-corrected chi connectivity index (χ0v) is 10.9. The van der Waals surface area contributed by atoms with Crippen LogP contribution in [0.4, 0.5) is 24.5 Å². The highest BCUT2D eigenvalue weighted by Gasteiger charge is 2.38. The van der Waals surface area contributed by atoms with E-state index in [4.69, 9.17) is 5.73 Å². The topological polar surface area (TPSA) is 38.0 Å². The summed E-state index contributed by atoms with van der Waals surface area (Å²) < 4.78 is 38.3. The molecule has 0 amide bonds. The van der Waals surface area contributed by atoms with Crippen molar-refractivity contribution < 1.29 is 13.2 Å². The van der Waals surface area contributed by atoms with Gasteiger partial charge in [-0.1, -0.05) is 36.4 Å². The minimum Gasteiger partial charge on any atom is -0.355 e. The van der Waals surface area contributed by atoms with E-state index in [1.54, 1.807) is 18.2 Å². The molecule has 2 rings (SSSR count). The second-order valence-electron chi connectivity index (χ2n) is 4.55. The molecule has 0 fully saturated rings. The fourth-order valence-electron chi connectivity index (χ4n) is 1.92. The summed E-state index contributed by atoms with van der Waals surface area (Å²) in [5, 5.41) is 3.01. The summed E-state index contributed by atoms with van der Waals surface area (Å²) in [6.07, 6.45) is -4.47. The summed E-state index contributed by atoms with van der Waals surface area (Å²) in [6, 6.07) is 11.6. The van der Waals surface area contributed by atoms with Crippen LogP contribution in [0.2, 0.25) is 0 Å². The highest BCUT2D eigenvalue weighted by atomic mass is 19.4. The predicted molar refractivity (Wildman–Crippen MR) is 73.9 cm³/mol. The summed E-state index contributed by atoms with van der Waals surface area (Å²) >= 11 is 0. The Bertz CT molecular complexity index is 594. The Morgan fingerprint density at radius 1 is 0.950 bits per heavy atom. The minimum absolute atomic E-state index is 0.0308. The maximum absolute atomic E-state index is 12.8. The van der Waals surface area contributed by atoms with Crippen LogP contribution in [0.3, 0.4) is 0 Å². The first-order valence-electron chi connectivity index (χ1n) is 6.13. The summed E-state index contributed by atoms with van der Waals surface area (Å²) in [4.78, 5) is 0. The van der Waals surface area contributed by atoms with Crippen molar-refractivity contribution in [1.29, 1.82) is 0 Å². The fourth-order valence-corrected chi connectivity index (χ4v) is 1.92. The van der Waals surface area contributed by atoms with Crippen LogP contribution in [0.15, 0.2) is 48.5 Å². The summed E-state index contributed by atoms with van der Waals surface area (Å²) in [7, 11) is 0. The van der Waals surface area contributed by atoms with Gasteiger partial charge in [0.15, 0.2) is 0 Å². The quantitative estimate of drug-likeness (QED) is 0.879. The maximum Gasteiger partial charge on any atom is 0.407 e. The van der Waals surface area contributed by atoms with Crippen LogP contribution >= 0.6 is 0 Å². The van der Waals surface area contributed by atoms with Crippen LogP contribution in [0.5, 0.6) is 0 Å². The number of benzene rings is 2. The SMILES string of the molecule is Cc1ccccc1Nc1ccccc1[C@@H](N)C(F)(F)F. The summed E-state index contributed by atoms with van der Waals surface area (Å²) in [6.45, 7) is 1.88. The molecule has 0 aliphatic carbocycles. The second kappa shape index (κ2) is 5.54. The first kappa shape index (κ1) is 14.4. The first-order chi connectivity index (χ1) is 9.39. The van der Waals surface area contributed by atoms with E-state index in [9.17, 15) is 13.2 Å². The molecule has 5 heteroatoms. The van der Waals surface area contributed by atoms with Gasteiger partial charge in [0.1, 0.15) is 6.04 Å². The number of alkyl halides is 3. The standard InChI is InChI=1S/C15H15F3N2/c1-10-6-2-4-8-12(10)20-13-9-5-3-7-11(13)14(19)15(16,17)18/h2-9,14,20H,19H2,1H3/t14-/m1/s1. The molecule has 106 valence electrons. The van der Waals surface area contributed by atoms with Gasteiger partial charge in [-0.25, -0.2) is 0 Å². The van der Waals surface area contributed by atoms with E-state index >= 15 is 0 Å². The van der Waals surface area contributed by atoms with Gasteiger partial charge >= 0.3 is 6.18 Å². The number of rotatable bonds is 3. The lowest BCUT2D eigenvalue weighted by Crippen LogP contribution is -2.29. The predicted octanol–water partition coefficient (Wildman–Crippen LogP) is 4.30. The first-order valence-corrected chi connectivity index (χ1v) is 6.13. The summed E-state index contributed by atoms with van der Waals surface area (Å²) in [5.41, 5.74) is 7.40. The van der Waals surface area contributed by atoms with Crippen LogP contribution in [-0.4, -0.2) is 6.18 Å². The highest BCUT2D eigenvalue weighted by Crippen LogP contribution is 2.35. The van der Waals surface area contributed by atoms with E-state index in [2.05, 4.69) is 5.32 Å². The molecule has 0 radical (unpaired) electrons. The van der Waals surface area contributed by atoms with Gasteiger partial charge in [-0.3, -0.25) is 0 Å². The number of aryl methyl sites for hydroxylation is 1. The van der Waals surface area contributed by atoms with Crippen molar-refractivity contribution in [3.05, 3.63) is 59.7 Å². The normalized spacial score (nSPS) is 13.1. The lowest BCUT2D eigenvalue weighted by Gasteiger charge is -2.20. The van der Waals surface area contributed by atoms with E-state index in [1.165, 1.54) is 6.07 Å². The third-order valence-corrected chi connectivity index (χ3v) is 3.06. The molecule has 1 atom stereocenters. The van der Waals surface area contributed by atoms with Crippen molar-refractivity contribution in [2.75, 3.05) is 5.32 Å². The third-order valence-electron chi connectivity index (χ3n) is 3.06. The summed E-state index contributed by atoms with van der Waals surface area (Å²) in [5.74, 6) is 0. The number of anilines is 2. The van der Waals surface area contributed by atoms with Crippen LogP contribution in [0, 0.1) is 6.92 Å². The molecule has 0 aliphatic heterocycles. The Hall–Kier alpha value is -2.01. The molecule has 20 heavy (non-hydrogen) atoms. The van der Waals surface area contributed by atoms with Gasteiger partial charge in [0.2, 0.25) is 0 Å². The van der Waals surface area contributed by atoms with E-state index in [0.717, 1.165) is 11.3 Å². The molecule has 0 unspecified atom stereocenters. The van der Waals surface area contributed by atoms with Crippen molar-refractivity contribution in [2.45, 2.75) is 19.1 Å². The molecule has 3 N–H and O–H groups in total. The largest absolute Gasteiger partial charge is 0.407 e. The smallest absolute Gasteiger partial charge is 0.355 e. The van der Waals surface area contributed by atoms with Gasteiger partial charge in [-0.15, -0.1) is 0 Å². The molecule has 0 spiro atoms. The lowest BCUT2D eigenvalue weighted by molar-refractivity contribution is -0.149. The number of para-hydroxylation sites is 2. The van der Waals surface area contributed by atoms with Crippen molar-refractivity contribution >= 4 is 11.4 Å². The number of nitrogens with one attached hydrogen (secondary N) is 1. The Kier molecular flexibility index (Phi) is 3.99. The molecule has 2 nitrogen and oxygen atoms in total. The van der Waals surface area contributed by atoms with Gasteiger partial charge in [0.25, 0.3) is 0 Å². The van der Waals surface area contributed by atoms with E-state index < -0.39 is 12.2 Å². The van der Waals surface area contributed by atoms with Gasteiger partial charge < -0.3 is 11.1 Å². The molecule has 0 aliphatic rings. The Morgan fingerprint density at radius 3 is 2.10 bits per heavy atom. The van der Waals surface area contributed by atoms with Crippen LogP contribution < -0.4 is 11.1 Å². The molecule has 0 saturated heterocycles. The van der Waals surface area contributed by atoms with Gasteiger partial charge in [0, 0.05) is 16.9 Å². The van der Waals surface area contributed by atoms with Crippen molar-refractivity contribution in [3.8, 4) is 0 Å². The van der Waals surface area contributed by atoms with Crippen molar-refractivity contribution in [2.24, 2.45) is 5.73 Å². The van der Waals surface area contributed by atoms with Crippen LogP contribution in [-0.2, 0) is 0 Å². The monoisotopic (exact) mass is 280 g/mol. The average molecular weight is 280 g/mol. The van der Waals surface area contributed by atoms with Crippen LogP contribution in [0.25, 0.3) is 0 Å². The Balaban J connectivity index is 2.36. The number of hydrogen-bond donors (Lipinski definition) is 2. The fraction of sp³-hybridized carbons (Fsp3) is 0.200. The van der Waals surface area contributed by atoms with E-state index in [-0.39, 0.29) is 5.56 Å². The van der Waals surface area contributed by atoms with Gasteiger partial charge in [-0.05, 0) is 24.6 Å². The molecule has 0 aromatic heterocycles. The zero-order valence-electron chi connectivity index (χ0n) is 10.9. The third kappa shape index (κ3) is 3.11. The number of halogens is 3. The number of nitrogens with two attached hydrogens (primary N) is 1. The van der Waals surface area contributed by atoms with E-state index in [1.807, 2.05) is 31.2 Å². The minimum atomic E-state index is -4.47. The molecule has 0 bridgehead atoms. The molecule has 0 saturated carbocycles. The average Bonchev–Trinajstić information content (AvgIpc) is 2.40. The van der Waals surface area contributed by atoms with Crippen LogP contribution in [0.1, 0.15) is 17.2 Å². The zero-order chi connectivity index (χ0) is 14.8. The van der Waals surface area contributed by atoms with Gasteiger partial charge in [0.05, 0.1) is 0 Å². The van der Waals surface area contributed by atoms with E-state index in [0.29, 0.717) is 5.69 Å². The second-order valence-corrected chi connectivity index (χ2v) is 4.55. The maximum atomic E-state index is 12.8.